The molecular formula is C17H25N5O3. The summed E-state index contributed by atoms with van der Waals surface area (Å²) in [5.41, 5.74) is 0. The molecule has 2 fully saturated rings. The highest BCUT2D eigenvalue weighted by Crippen LogP contribution is 2.39. The third-order valence-electron chi connectivity index (χ3n) is 4.88. The Bertz CT molecular complexity index is 696. The summed E-state index contributed by atoms with van der Waals surface area (Å²) in [6, 6.07) is 0. The summed E-state index contributed by atoms with van der Waals surface area (Å²) in [6.07, 6.45) is 4.41. The van der Waals surface area contributed by atoms with Crippen LogP contribution in [0, 0.1) is 0 Å². The fourth-order valence-electron chi connectivity index (χ4n) is 3.33. The van der Waals surface area contributed by atoms with Crippen molar-refractivity contribution < 1.29 is 13.8 Å². The minimum Gasteiger partial charge on any atom is -0.371 e. The predicted molar refractivity (Wildman–Crippen MR) is 87.9 cm³/mol. The number of likely N-dealkylation sites (tertiary alicyclic amines) is 1. The summed E-state index contributed by atoms with van der Waals surface area (Å²) in [5.74, 6) is 3.73. The molecule has 0 N–H and O–H groups in total. The van der Waals surface area contributed by atoms with Gasteiger partial charge in [0.1, 0.15) is 6.10 Å². The molecular weight excluding hydrogens is 322 g/mol. The molecule has 3 heterocycles. The van der Waals surface area contributed by atoms with E-state index in [4.69, 9.17) is 13.8 Å². The molecule has 0 amide bonds. The molecule has 0 unspecified atom stereocenters. The second-order valence-corrected chi connectivity index (χ2v) is 6.98. The second-order valence-electron chi connectivity index (χ2n) is 6.98. The van der Waals surface area contributed by atoms with E-state index in [9.17, 15) is 0 Å². The van der Waals surface area contributed by atoms with Gasteiger partial charge in [0, 0.05) is 25.0 Å². The minimum absolute atomic E-state index is 0.142. The van der Waals surface area contributed by atoms with Crippen molar-refractivity contribution in [3.05, 3.63) is 23.4 Å². The van der Waals surface area contributed by atoms with E-state index in [1.54, 1.807) is 0 Å². The molecule has 25 heavy (non-hydrogen) atoms. The second kappa shape index (κ2) is 7.21. The van der Waals surface area contributed by atoms with E-state index < -0.39 is 0 Å². The third kappa shape index (κ3) is 3.90. The Morgan fingerprint density at radius 1 is 1.16 bits per heavy atom. The van der Waals surface area contributed by atoms with Gasteiger partial charge in [0.2, 0.25) is 11.8 Å². The first kappa shape index (κ1) is 16.7. The maximum Gasteiger partial charge on any atom is 0.240 e. The molecule has 2 aromatic rings. The molecule has 8 heteroatoms. The standard InChI is InChI=1S/C17H25N5O3/c1-3-23-11(2)15-18-14(24-20-15)10-22-8-4-5-13(9-22)16-19-17(25-21-16)12-6-7-12/h11-13H,3-10H2,1-2H3/t11-,13-/m1/s1. The number of nitrogens with zero attached hydrogens (tertiary/aromatic N) is 5. The molecule has 2 aromatic heterocycles. The Hall–Kier alpha value is -1.80. The lowest BCUT2D eigenvalue weighted by Crippen LogP contribution is -2.34. The summed E-state index contributed by atoms with van der Waals surface area (Å²) >= 11 is 0. The van der Waals surface area contributed by atoms with Crippen LogP contribution < -0.4 is 0 Å². The van der Waals surface area contributed by atoms with E-state index >= 15 is 0 Å². The van der Waals surface area contributed by atoms with Crippen molar-refractivity contribution >= 4 is 0 Å². The average Bonchev–Trinajstić information content (AvgIpc) is 3.16. The number of piperidine rings is 1. The van der Waals surface area contributed by atoms with Gasteiger partial charge in [0.15, 0.2) is 11.6 Å². The number of hydrogen-bond donors (Lipinski definition) is 0. The van der Waals surface area contributed by atoms with E-state index in [0.29, 0.717) is 36.7 Å². The maximum absolute atomic E-state index is 5.51. The quantitative estimate of drug-likeness (QED) is 0.755. The molecule has 0 radical (unpaired) electrons. The molecule has 2 atom stereocenters. The molecule has 0 spiro atoms. The molecule has 0 aromatic carbocycles. The minimum atomic E-state index is -0.142. The van der Waals surface area contributed by atoms with Crippen LogP contribution in [0.15, 0.2) is 9.05 Å². The van der Waals surface area contributed by atoms with Crippen LogP contribution in [0.25, 0.3) is 0 Å². The van der Waals surface area contributed by atoms with Crippen LogP contribution in [0.1, 0.15) is 80.9 Å². The van der Waals surface area contributed by atoms with Gasteiger partial charge >= 0.3 is 0 Å². The Morgan fingerprint density at radius 3 is 2.84 bits per heavy atom. The Balaban J connectivity index is 1.36. The van der Waals surface area contributed by atoms with Crippen molar-refractivity contribution in [2.75, 3.05) is 19.7 Å². The zero-order chi connectivity index (χ0) is 17.2. The molecule has 136 valence electrons. The lowest BCUT2D eigenvalue weighted by molar-refractivity contribution is 0.0683. The van der Waals surface area contributed by atoms with Gasteiger partial charge in [0.25, 0.3) is 0 Å². The van der Waals surface area contributed by atoms with Crippen LogP contribution >= 0.6 is 0 Å². The summed E-state index contributed by atoms with van der Waals surface area (Å²) in [6.45, 7) is 7.08. The normalized spacial score (nSPS) is 23.0. The molecule has 1 saturated carbocycles. The van der Waals surface area contributed by atoms with Crippen molar-refractivity contribution in [2.45, 2.75) is 64.0 Å². The predicted octanol–water partition coefficient (Wildman–Crippen LogP) is 2.81. The smallest absolute Gasteiger partial charge is 0.240 e. The van der Waals surface area contributed by atoms with E-state index in [0.717, 1.165) is 37.6 Å². The van der Waals surface area contributed by atoms with Gasteiger partial charge in [-0.1, -0.05) is 10.3 Å². The zero-order valence-electron chi connectivity index (χ0n) is 14.8. The van der Waals surface area contributed by atoms with E-state index in [2.05, 4.69) is 25.2 Å². The van der Waals surface area contributed by atoms with Gasteiger partial charge in [0.05, 0.1) is 6.54 Å². The Kier molecular flexibility index (Phi) is 4.80. The first-order valence-corrected chi connectivity index (χ1v) is 9.23. The van der Waals surface area contributed by atoms with Crippen LogP contribution in [-0.4, -0.2) is 44.9 Å². The topological polar surface area (TPSA) is 90.3 Å². The first-order chi connectivity index (χ1) is 12.2. The Labute approximate surface area is 146 Å². The highest BCUT2D eigenvalue weighted by Gasteiger charge is 2.32. The van der Waals surface area contributed by atoms with Gasteiger partial charge < -0.3 is 13.8 Å². The van der Waals surface area contributed by atoms with Crippen LogP contribution in [-0.2, 0) is 11.3 Å². The molecule has 1 aliphatic heterocycles. The average molecular weight is 347 g/mol. The van der Waals surface area contributed by atoms with Crippen molar-refractivity contribution in [3.8, 4) is 0 Å². The number of rotatable bonds is 7. The lowest BCUT2D eigenvalue weighted by atomic mass is 9.97. The fraction of sp³-hybridized carbons (Fsp3) is 0.765. The summed E-state index contributed by atoms with van der Waals surface area (Å²) in [4.78, 5) is 11.4. The fourth-order valence-corrected chi connectivity index (χ4v) is 3.33. The summed E-state index contributed by atoms with van der Waals surface area (Å²) in [5, 5.41) is 8.24. The van der Waals surface area contributed by atoms with Crippen molar-refractivity contribution in [3.63, 3.8) is 0 Å². The van der Waals surface area contributed by atoms with Crippen LogP contribution in [0.4, 0.5) is 0 Å². The molecule has 0 bridgehead atoms. The van der Waals surface area contributed by atoms with Gasteiger partial charge in [-0.2, -0.15) is 9.97 Å². The highest BCUT2D eigenvalue weighted by atomic mass is 16.5. The highest BCUT2D eigenvalue weighted by molar-refractivity contribution is 5.05. The monoisotopic (exact) mass is 347 g/mol. The van der Waals surface area contributed by atoms with E-state index in [1.807, 2.05) is 13.8 Å². The maximum atomic E-state index is 5.51. The van der Waals surface area contributed by atoms with Crippen LogP contribution in [0.5, 0.6) is 0 Å². The molecule has 4 rings (SSSR count). The molecule has 1 aliphatic carbocycles. The van der Waals surface area contributed by atoms with Crippen LogP contribution in [0.2, 0.25) is 0 Å². The number of ether oxygens (including phenoxy) is 1. The van der Waals surface area contributed by atoms with E-state index in [1.165, 1.54) is 12.8 Å². The Morgan fingerprint density at radius 2 is 2.04 bits per heavy atom. The van der Waals surface area contributed by atoms with Crippen molar-refractivity contribution in [2.24, 2.45) is 0 Å². The van der Waals surface area contributed by atoms with Gasteiger partial charge in [-0.15, -0.1) is 0 Å². The summed E-state index contributed by atoms with van der Waals surface area (Å²) in [7, 11) is 0. The van der Waals surface area contributed by atoms with Gasteiger partial charge in [-0.3, -0.25) is 4.90 Å². The van der Waals surface area contributed by atoms with E-state index in [-0.39, 0.29) is 6.10 Å². The number of hydrogen-bond acceptors (Lipinski definition) is 8. The van der Waals surface area contributed by atoms with Crippen molar-refractivity contribution in [1.29, 1.82) is 0 Å². The number of aromatic nitrogens is 4. The zero-order valence-corrected chi connectivity index (χ0v) is 14.8. The largest absolute Gasteiger partial charge is 0.371 e. The lowest BCUT2D eigenvalue weighted by Gasteiger charge is -2.29. The SMILES string of the molecule is CCO[C@H](C)c1noc(CN2CCC[C@@H](c3noc(C4CC4)n3)C2)n1. The van der Waals surface area contributed by atoms with Gasteiger partial charge in [-0.05, 0) is 46.1 Å². The molecule has 2 aliphatic rings. The first-order valence-electron chi connectivity index (χ1n) is 9.23. The summed E-state index contributed by atoms with van der Waals surface area (Å²) < 4.78 is 16.3. The van der Waals surface area contributed by atoms with Crippen molar-refractivity contribution in [1.82, 2.24) is 25.2 Å². The van der Waals surface area contributed by atoms with Crippen LogP contribution in [0.3, 0.4) is 0 Å². The molecule has 8 nitrogen and oxygen atoms in total. The molecule has 1 saturated heterocycles. The van der Waals surface area contributed by atoms with Gasteiger partial charge in [-0.25, -0.2) is 0 Å². The third-order valence-corrected chi connectivity index (χ3v) is 4.88.